The minimum atomic E-state index is -1.71. The van der Waals surface area contributed by atoms with Gasteiger partial charge in [-0.15, -0.1) is 0 Å². The summed E-state index contributed by atoms with van der Waals surface area (Å²) in [5, 5.41) is 1.33. The lowest BCUT2D eigenvalue weighted by molar-refractivity contribution is 0.184. The Morgan fingerprint density at radius 3 is 2.32 bits per heavy atom. The van der Waals surface area contributed by atoms with Gasteiger partial charge in [0, 0.05) is 46.3 Å². The standard InChI is InChI=1S/C15H16Cl3N3O2.C13H22INO2Si/c1-2-4-20(15(22)21-5-3-19-10-21)6-7-23-14-12(17)8-11(16)9-13(14)18;1-13(2,3)18(4,5)17-9-8-15-10-11(14)6-7-12(15)16/h3,5,8-10H,2,4,6-7H2,1H3;6-7,10H,8-9H2,1-5H3. The van der Waals surface area contributed by atoms with Crippen LogP contribution in [0.3, 0.4) is 0 Å². The summed E-state index contributed by atoms with van der Waals surface area (Å²) >= 11 is 20.2. The summed E-state index contributed by atoms with van der Waals surface area (Å²) in [6.45, 7) is 15.6. The van der Waals surface area contributed by atoms with Crippen molar-refractivity contribution in [2.75, 3.05) is 26.3 Å². The third kappa shape index (κ3) is 11.2. The fourth-order valence-corrected chi connectivity index (χ4v) is 5.80. The minimum Gasteiger partial charge on any atom is -0.489 e. The van der Waals surface area contributed by atoms with Gasteiger partial charge in [0.15, 0.2) is 14.1 Å². The minimum absolute atomic E-state index is 0.0363. The number of halogens is 4. The number of aromatic nitrogens is 3. The average Bonchev–Trinajstić information content (AvgIpc) is 3.41. The molecule has 3 aromatic rings. The van der Waals surface area contributed by atoms with Crippen LogP contribution in [-0.4, -0.2) is 59.7 Å². The molecule has 0 aliphatic carbocycles. The fourth-order valence-electron chi connectivity index (χ4n) is 3.33. The van der Waals surface area contributed by atoms with Gasteiger partial charge in [0.1, 0.15) is 12.9 Å². The Hall–Kier alpha value is -1.57. The first-order valence-corrected chi connectivity index (χ1v) is 18.3. The number of hydrogen-bond acceptors (Lipinski definition) is 5. The number of carbonyl (C=O) groups is 1. The molecule has 0 fully saturated rings. The van der Waals surface area contributed by atoms with E-state index >= 15 is 0 Å². The van der Waals surface area contributed by atoms with Crippen LogP contribution < -0.4 is 10.3 Å². The highest BCUT2D eigenvalue weighted by atomic mass is 127. The van der Waals surface area contributed by atoms with Gasteiger partial charge in [-0.2, -0.15) is 0 Å². The van der Waals surface area contributed by atoms with Crippen molar-refractivity contribution in [1.82, 2.24) is 19.0 Å². The molecule has 0 saturated heterocycles. The molecule has 41 heavy (non-hydrogen) atoms. The normalized spacial score (nSPS) is 11.6. The highest BCUT2D eigenvalue weighted by Gasteiger charge is 2.36. The number of rotatable bonds is 10. The van der Waals surface area contributed by atoms with Crippen molar-refractivity contribution in [1.29, 1.82) is 0 Å². The molecule has 13 heteroatoms. The Morgan fingerprint density at radius 2 is 1.76 bits per heavy atom. The first kappa shape index (κ1) is 35.6. The van der Waals surface area contributed by atoms with Gasteiger partial charge in [-0.05, 0) is 65.3 Å². The molecular weight excluding hydrogens is 718 g/mol. The summed E-state index contributed by atoms with van der Waals surface area (Å²) < 4.78 is 15.9. The van der Waals surface area contributed by atoms with Crippen LogP contribution in [0, 0.1) is 3.57 Å². The maximum atomic E-state index is 12.3. The Morgan fingerprint density at radius 1 is 1.10 bits per heavy atom. The summed E-state index contributed by atoms with van der Waals surface area (Å²) in [4.78, 5) is 29.5. The summed E-state index contributed by atoms with van der Waals surface area (Å²) in [6.07, 6.45) is 7.35. The Bertz CT molecular complexity index is 1310. The molecule has 0 radical (unpaired) electrons. The van der Waals surface area contributed by atoms with Gasteiger partial charge in [-0.3, -0.25) is 9.36 Å². The van der Waals surface area contributed by atoms with Crippen LogP contribution in [0.1, 0.15) is 34.1 Å². The van der Waals surface area contributed by atoms with Crippen molar-refractivity contribution < 1.29 is 14.0 Å². The number of amides is 1. The highest BCUT2D eigenvalue weighted by molar-refractivity contribution is 14.1. The van der Waals surface area contributed by atoms with Crippen LogP contribution in [0.15, 0.2) is 54.0 Å². The largest absolute Gasteiger partial charge is 0.489 e. The van der Waals surface area contributed by atoms with E-state index in [9.17, 15) is 9.59 Å². The molecule has 0 bridgehead atoms. The highest BCUT2D eigenvalue weighted by Crippen LogP contribution is 2.37. The number of imidazole rings is 1. The second kappa shape index (κ2) is 16.3. The van der Waals surface area contributed by atoms with E-state index in [1.54, 1.807) is 40.1 Å². The van der Waals surface area contributed by atoms with Gasteiger partial charge in [-0.25, -0.2) is 9.78 Å². The molecule has 226 valence electrons. The first-order valence-electron chi connectivity index (χ1n) is 13.2. The van der Waals surface area contributed by atoms with Crippen molar-refractivity contribution in [2.24, 2.45) is 0 Å². The molecule has 1 aromatic carbocycles. The van der Waals surface area contributed by atoms with E-state index in [0.717, 1.165) is 9.99 Å². The Labute approximate surface area is 272 Å². The molecule has 3 rings (SSSR count). The topological polar surface area (TPSA) is 78.6 Å². The maximum absolute atomic E-state index is 12.3. The van der Waals surface area contributed by atoms with Crippen molar-refractivity contribution in [3.63, 3.8) is 0 Å². The predicted octanol–water partition coefficient (Wildman–Crippen LogP) is 8.08. The van der Waals surface area contributed by atoms with Crippen LogP contribution >= 0.6 is 57.4 Å². The molecule has 0 atom stereocenters. The number of hydrogen-bond donors (Lipinski definition) is 0. The van der Waals surface area contributed by atoms with E-state index in [1.807, 2.05) is 19.2 Å². The van der Waals surface area contributed by atoms with Crippen LogP contribution in [-0.2, 0) is 11.0 Å². The number of carbonyl (C=O) groups excluding carboxylic acids is 1. The Kier molecular flexibility index (Phi) is 14.2. The molecule has 0 unspecified atom stereocenters. The third-order valence-corrected chi connectivity index (χ3v) is 12.6. The summed E-state index contributed by atoms with van der Waals surface area (Å²) in [6, 6.07) is 6.40. The lowest BCUT2D eigenvalue weighted by Crippen LogP contribution is -2.41. The fraction of sp³-hybridized carbons (Fsp3) is 0.464. The predicted molar refractivity (Wildman–Crippen MR) is 178 cm³/mol. The molecule has 0 N–H and O–H groups in total. The summed E-state index contributed by atoms with van der Waals surface area (Å²) in [7, 11) is -1.71. The van der Waals surface area contributed by atoms with Gasteiger partial charge in [0.2, 0.25) is 0 Å². The van der Waals surface area contributed by atoms with Crippen LogP contribution in [0.25, 0.3) is 0 Å². The smallest absolute Gasteiger partial charge is 0.329 e. The number of ether oxygens (including phenoxy) is 1. The second-order valence-corrected chi connectivity index (χ2v) is 18.1. The first-order chi connectivity index (χ1) is 19.2. The molecule has 2 aromatic heterocycles. The average molecular weight is 756 g/mol. The van der Waals surface area contributed by atoms with Crippen molar-refractivity contribution in [3.8, 4) is 5.75 Å². The number of nitrogens with zero attached hydrogens (tertiary/aromatic N) is 4. The summed E-state index contributed by atoms with van der Waals surface area (Å²) in [5.74, 6) is 0.365. The number of benzene rings is 1. The lowest BCUT2D eigenvalue weighted by atomic mass is 10.2. The molecule has 2 heterocycles. The third-order valence-electron chi connectivity index (χ3n) is 6.61. The van der Waals surface area contributed by atoms with Crippen molar-refractivity contribution in [2.45, 2.75) is 58.8 Å². The zero-order valence-corrected chi connectivity index (χ0v) is 29.7. The SMILES string of the molecule is CC(C)(C)[Si](C)(C)OCCn1cc(I)ccc1=O.CCCN(CCOc1c(Cl)cc(Cl)cc1Cl)C(=O)n1ccnc1. The van der Waals surface area contributed by atoms with Crippen molar-refractivity contribution >= 4 is 71.7 Å². The van der Waals surface area contributed by atoms with Gasteiger partial charge in [0.25, 0.3) is 5.56 Å². The van der Waals surface area contributed by atoms with E-state index in [1.165, 1.54) is 10.9 Å². The van der Waals surface area contributed by atoms with Crippen LogP contribution in [0.4, 0.5) is 4.79 Å². The second-order valence-electron chi connectivity index (χ2n) is 10.8. The van der Waals surface area contributed by atoms with Crippen LogP contribution in [0.5, 0.6) is 5.75 Å². The molecule has 1 amide bonds. The molecule has 0 aliphatic heterocycles. The van der Waals surface area contributed by atoms with E-state index in [4.69, 9.17) is 44.0 Å². The zero-order chi connectivity index (χ0) is 30.8. The summed E-state index contributed by atoms with van der Waals surface area (Å²) in [5.41, 5.74) is 0.0363. The van der Waals surface area contributed by atoms with Gasteiger partial charge in [0.05, 0.1) is 23.2 Å². The molecule has 0 aliphatic rings. The monoisotopic (exact) mass is 754 g/mol. The van der Waals surface area contributed by atoms with E-state index in [2.05, 4.69) is 61.4 Å². The zero-order valence-electron chi connectivity index (χ0n) is 24.3. The lowest BCUT2D eigenvalue weighted by Gasteiger charge is -2.36. The van der Waals surface area contributed by atoms with Gasteiger partial charge in [-0.1, -0.05) is 62.5 Å². The maximum Gasteiger partial charge on any atom is 0.329 e. The quantitative estimate of drug-likeness (QED) is 0.155. The molecule has 8 nitrogen and oxygen atoms in total. The molecule has 0 saturated carbocycles. The van der Waals surface area contributed by atoms with Crippen molar-refractivity contribution in [3.05, 3.63) is 78.2 Å². The van der Waals surface area contributed by atoms with Gasteiger partial charge < -0.3 is 18.6 Å². The molecule has 0 spiro atoms. The van der Waals surface area contributed by atoms with E-state index < -0.39 is 8.32 Å². The van der Waals surface area contributed by atoms with E-state index in [-0.39, 0.29) is 23.2 Å². The van der Waals surface area contributed by atoms with E-state index in [0.29, 0.717) is 47.1 Å². The Balaban J connectivity index is 0.000000296. The number of pyridine rings is 1. The molecular formula is C28H38Cl3IN4O4Si. The van der Waals surface area contributed by atoms with Gasteiger partial charge >= 0.3 is 6.03 Å². The van der Waals surface area contributed by atoms with Crippen LogP contribution in [0.2, 0.25) is 33.2 Å².